The third kappa shape index (κ3) is 2.31. The summed E-state index contributed by atoms with van der Waals surface area (Å²) in [5, 5.41) is 8.56. The molecule has 2 rings (SSSR count). The number of carboxylic acid groups (broad SMARTS) is 1. The molecule has 116 valence electrons. The minimum absolute atomic E-state index is 0.223. The van der Waals surface area contributed by atoms with Crippen molar-refractivity contribution < 1.29 is 18.7 Å². The highest BCUT2D eigenvalue weighted by molar-refractivity contribution is 6.33. The molecule has 0 aliphatic rings. The maximum atomic E-state index is 14.0. The standard InChI is InChI=1S/C13H9ClF2N2O4/c1-5-10(16)11(19)18(13(22)17(5)2)9-3-6(12(20)21)7(14)4-8(9)15/h3-4H,1-2H3,(H,20,21). The van der Waals surface area contributed by atoms with Crippen molar-refractivity contribution in [1.29, 1.82) is 0 Å². The van der Waals surface area contributed by atoms with E-state index in [1.807, 2.05) is 0 Å². The SMILES string of the molecule is Cc1c(F)c(=O)n(-c2cc(C(=O)O)c(Cl)cc2F)c(=O)n1C. The number of aromatic nitrogens is 2. The molecule has 2 aromatic rings. The second-order valence-electron chi connectivity index (χ2n) is 4.47. The van der Waals surface area contributed by atoms with Crippen molar-refractivity contribution in [3.63, 3.8) is 0 Å². The number of carbonyl (C=O) groups is 1. The Kier molecular flexibility index (Phi) is 3.89. The topological polar surface area (TPSA) is 81.3 Å². The van der Waals surface area contributed by atoms with Crippen LogP contribution in [0.2, 0.25) is 5.02 Å². The van der Waals surface area contributed by atoms with E-state index >= 15 is 0 Å². The van der Waals surface area contributed by atoms with Gasteiger partial charge in [-0.3, -0.25) is 9.36 Å². The zero-order valence-electron chi connectivity index (χ0n) is 11.4. The van der Waals surface area contributed by atoms with E-state index in [1.54, 1.807) is 0 Å². The summed E-state index contributed by atoms with van der Waals surface area (Å²) in [6, 6.07) is 1.35. The second-order valence-corrected chi connectivity index (χ2v) is 4.88. The van der Waals surface area contributed by atoms with Gasteiger partial charge in [0.05, 0.1) is 22.0 Å². The van der Waals surface area contributed by atoms with Crippen LogP contribution in [0.4, 0.5) is 8.78 Å². The van der Waals surface area contributed by atoms with Gasteiger partial charge in [0.25, 0.3) is 5.56 Å². The molecule has 0 saturated carbocycles. The van der Waals surface area contributed by atoms with Gasteiger partial charge < -0.3 is 5.11 Å². The summed E-state index contributed by atoms with van der Waals surface area (Å²) in [4.78, 5) is 35.0. The highest BCUT2D eigenvalue weighted by Crippen LogP contribution is 2.22. The van der Waals surface area contributed by atoms with Crippen LogP contribution in [0, 0.1) is 18.6 Å². The van der Waals surface area contributed by atoms with E-state index in [2.05, 4.69) is 0 Å². The molecule has 0 spiro atoms. The highest BCUT2D eigenvalue weighted by atomic mass is 35.5. The van der Waals surface area contributed by atoms with Gasteiger partial charge in [-0.15, -0.1) is 0 Å². The maximum absolute atomic E-state index is 14.0. The molecule has 0 fully saturated rings. The van der Waals surface area contributed by atoms with Crippen LogP contribution in [0.15, 0.2) is 21.7 Å². The van der Waals surface area contributed by atoms with Gasteiger partial charge in [0.2, 0.25) is 5.82 Å². The Hall–Kier alpha value is -2.48. The predicted molar refractivity (Wildman–Crippen MR) is 73.9 cm³/mol. The normalized spacial score (nSPS) is 10.8. The number of hydrogen-bond acceptors (Lipinski definition) is 3. The first-order chi connectivity index (χ1) is 10.2. The molecule has 0 amide bonds. The lowest BCUT2D eigenvalue weighted by Gasteiger charge is -2.12. The number of nitrogens with zero attached hydrogens (tertiary/aromatic N) is 2. The Morgan fingerprint density at radius 1 is 1.27 bits per heavy atom. The van der Waals surface area contributed by atoms with Crippen molar-refractivity contribution in [3.05, 3.63) is 60.9 Å². The van der Waals surface area contributed by atoms with Crippen LogP contribution in [0.1, 0.15) is 16.1 Å². The third-order valence-corrected chi connectivity index (χ3v) is 3.51. The minimum Gasteiger partial charge on any atom is -0.478 e. The van der Waals surface area contributed by atoms with Crippen LogP contribution in [0.25, 0.3) is 5.69 Å². The van der Waals surface area contributed by atoms with E-state index in [0.29, 0.717) is 12.1 Å². The summed E-state index contributed by atoms with van der Waals surface area (Å²) in [7, 11) is 1.20. The Balaban J connectivity index is 2.96. The van der Waals surface area contributed by atoms with Gasteiger partial charge in [-0.25, -0.2) is 18.5 Å². The lowest BCUT2D eigenvalue weighted by molar-refractivity contribution is 0.0697. The van der Waals surface area contributed by atoms with Gasteiger partial charge in [-0.05, 0) is 19.1 Å². The van der Waals surface area contributed by atoms with E-state index in [-0.39, 0.29) is 10.3 Å². The molecule has 1 heterocycles. The zero-order chi connectivity index (χ0) is 16.8. The van der Waals surface area contributed by atoms with Crippen LogP contribution >= 0.6 is 11.6 Å². The van der Waals surface area contributed by atoms with E-state index in [4.69, 9.17) is 16.7 Å². The van der Waals surface area contributed by atoms with Gasteiger partial charge >= 0.3 is 11.7 Å². The quantitative estimate of drug-likeness (QED) is 0.904. The second kappa shape index (κ2) is 5.38. The summed E-state index contributed by atoms with van der Waals surface area (Å²) >= 11 is 5.59. The molecule has 0 bridgehead atoms. The number of rotatable bonds is 2. The molecule has 1 aromatic heterocycles. The molecule has 22 heavy (non-hydrogen) atoms. The molecule has 0 aliphatic carbocycles. The van der Waals surface area contributed by atoms with Crippen LogP contribution in [0.3, 0.4) is 0 Å². The van der Waals surface area contributed by atoms with Crippen LogP contribution in [-0.2, 0) is 7.05 Å². The first-order valence-corrected chi connectivity index (χ1v) is 6.25. The Bertz CT molecular complexity index is 880. The summed E-state index contributed by atoms with van der Waals surface area (Å²) in [6.45, 7) is 1.21. The smallest absolute Gasteiger partial charge is 0.337 e. The summed E-state index contributed by atoms with van der Waals surface area (Å²) < 4.78 is 28.9. The molecule has 0 saturated heterocycles. The van der Waals surface area contributed by atoms with Gasteiger partial charge in [0.15, 0.2) is 0 Å². The van der Waals surface area contributed by atoms with Gasteiger partial charge in [0, 0.05) is 7.05 Å². The molecule has 0 aliphatic heterocycles. The number of carboxylic acids is 1. The lowest BCUT2D eigenvalue weighted by Crippen LogP contribution is -2.41. The summed E-state index contributed by atoms with van der Waals surface area (Å²) in [6.07, 6.45) is 0. The number of aromatic carboxylic acids is 1. The Labute approximate surface area is 126 Å². The van der Waals surface area contributed by atoms with E-state index in [0.717, 1.165) is 4.57 Å². The first-order valence-electron chi connectivity index (χ1n) is 5.87. The Morgan fingerprint density at radius 2 is 1.86 bits per heavy atom. The fourth-order valence-electron chi connectivity index (χ4n) is 1.87. The van der Waals surface area contributed by atoms with Crippen molar-refractivity contribution in [2.75, 3.05) is 0 Å². The van der Waals surface area contributed by atoms with Gasteiger partial charge in [-0.2, -0.15) is 4.39 Å². The van der Waals surface area contributed by atoms with Gasteiger partial charge in [0.1, 0.15) is 5.82 Å². The number of benzene rings is 1. The van der Waals surface area contributed by atoms with Crippen molar-refractivity contribution in [2.45, 2.75) is 6.92 Å². The van der Waals surface area contributed by atoms with E-state index < -0.39 is 45.1 Å². The van der Waals surface area contributed by atoms with Crippen molar-refractivity contribution in [1.82, 2.24) is 9.13 Å². The first kappa shape index (κ1) is 15.9. The fraction of sp³-hybridized carbons (Fsp3) is 0.154. The lowest BCUT2D eigenvalue weighted by atomic mass is 10.2. The van der Waals surface area contributed by atoms with Crippen LogP contribution in [-0.4, -0.2) is 20.2 Å². The Morgan fingerprint density at radius 3 is 2.41 bits per heavy atom. The maximum Gasteiger partial charge on any atom is 0.337 e. The van der Waals surface area contributed by atoms with Crippen LogP contribution < -0.4 is 11.2 Å². The molecule has 1 N–H and O–H groups in total. The molecular formula is C13H9ClF2N2O4. The average Bonchev–Trinajstić information content (AvgIpc) is 2.45. The zero-order valence-corrected chi connectivity index (χ0v) is 12.1. The predicted octanol–water partition coefficient (Wildman–Crippen LogP) is 1.47. The minimum atomic E-state index is -1.48. The monoisotopic (exact) mass is 330 g/mol. The molecule has 0 unspecified atom stereocenters. The van der Waals surface area contributed by atoms with Crippen molar-refractivity contribution in [2.24, 2.45) is 7.05 Å². The molecule has 6 nitrogen and oxygen atoms in total. The van der Waals surface area contributed by atoms with Gasteiger partial charge in [-0.1, -0.05) is 11.6 Å². The molecule has 9 heteroatoms. The highest BCUT2D eigenvalue weighted by Gasteiger charge is 2.21. The molecule has 1 aromatic carbocycles. The van der Waals surface area contributed by atoms with Crippen molar-refractivity contribution in [3.8, 4) is 5.69 Å². The van der Waals surface area contributed by atoms with E-state index in [1.165, 1.54) is 14.0 Å². The largest absolute Gasteiger partial charge is 0.478 e. The van der Waals surface area contributed by atoms with E-state index in [9.17, 15) is 23.2 Å². The van der Waals surface area contributed by atoms with Crippen LogP contribution in [0.5, 0.6) is 0 Å². The third-order valence-electron chi connectivity index (χ3n) is 3.20. The summed E-state index contributed by atoms with van der Waals surface area (Å²) in [5.74, 6) is -3.85. The number of hydrogen-bond donors (Lipinski definition) is 1. The van der Waals surface area contributed by atoms with Crippen molar-refractivity contribution >= 4 is 17.6 Å². The molecular weight excluding hydrogens is 322 g/mol. The fourth-order valence-corrected chi connectivity index (χ4v) is 2.10. The number of halogens is 3. The summed E-state index contributed by atoms with van der Waals surface area (Å²) in [5.41, 5.74) is -3.82. The molecule has 0 atom stereocenters. The molecule has 0 radical (unpaired) electrons. The average molecular weight is 331 g/mol.